The Labute approximate surface area is 223 Å². The Kier molecular flexibility index (Phi) is 9.12. The number of rotatable bonds is 10. The smallest absolute Gasteiger partial charge is 0.326 e. The maximum absolute atomic E-state index is 13.6. The highest BCUT2D eigenvalue weighted by molar-refractivity contribution is 5.94. The molecule has 9 nitrogen and oxygen atoms in total. The lowest BCUT2D eigenvalue weighted by Crippen LogP contribution is -2.55. The summed E-state index contributed by atoms with van der Waals surface area (Å²) in [5.74, 6) is -2.00. The number of carboxylic acid groups (broad SMARTS) is 1. The van der Waals surface area contributed by atoms with Crippen LogP contribution in [0.3, 0.4) is 0 Å². The molecule has 0 bridgehead atoms. The van der Waals surface area contributed by atoms with Crippen LogP contribution in [0.15, 0.2) is 60.7 Å². The number of carboxylic acids is 1. The van der Waals surface area contributed by atoms with Crippen molar-refractivity contribution in [3.63, 3.8) is 0 Å². The Balaban J connectivity index is 1.37. The average molecular weight is 521 g/mol. The summed E-state index contributed by atoms with van der Waals surface area (Å²) in [6.45, 7) is 0.884. The van der Waals surface area contributed by atoms with Gasteiger partial charge in [-0.2, -0.15) is 0 Å². The van der Waals surface area contributed by atoms with Crippen LogP contribution in [0.5, 0.6) is 0 Å². The van der Waals surface area contributed by atoms with Gasteiger partial charge in [0.15, 0.2) is 0 Å². The molecule has 4 N–H and O–H groups in total. The number of nitrogens with two attached hydrogens (primary N) is 1. The van der Waals surface area contributed by atoms with Crippen molar-refractivity contribution in [1.82, 2.24) is 15.1 Å². The molecule has 4 atom stereocenters. The molecule has 0 unspecified atom stereocenters. The van der Waals surface area contributed by atoms with Gasteiger partial charge in [-0.1, -0.05) is 60.7 Å². The molecule has 9 heteroatoms. The van der Waals surface area contributed by atoms with Gasteiger partial charge in [0.25, 0.3) is 0 Å². The van der Waals surface area contributed by atoms with Crippen LogP contribution in [-0.4, -0.2) is 75.9 Å². The zero-order valence-electron chi connectivity index (χ0n) is 21.5. The Morgan fingerprint density at radius 1 is 0.842 bits per heavy atom. The van der Waals surface area contributed by atoms with Gasteiger partial charge >= 0.3 is 5.97 Å². The van der Waals surface area contributed by atoms with Crippen molar-refractivity contribution in [1.29, 1.82) is 0 Å². The molecule has 0 spiro atoms. The first kappa shape index (κ1) is 27.3. The SMILES string of the molecule is N[C@H](CC(=O)N1CCC[C@H]1C(=O)N1CCC[C@H]1C(=O)N[C@@H](Cc1ccccc1)C(=O)O)Cc1ccccc1. The third-order valence-corrected chi connectivity index (χ3v) is 7.37. The maximum Gasteiger partial charge on any atom is 0.326 e. The number of likely N-dealkylation sites (tertiary alicyclic amines) is 2. The lowest BCUT2D eigenvalue weighted by molar-refractivity contribution is -0.148. The van der Waals surface area contributed by atoms with Gasteiger partial charge in [0.2, 0.25) is 17.7 Å². The molecule has 0 saturated carbocycles. The molecule has 2 aliphatic heterocycles. The highest BCUT2D eigenvalue weighted by atomic mass is 16.4. The number of nitrogens with zero attached hydrogens (tertiary/aromatic N) is 2. The fourth-order valence-electron chi connectivity index (χ4n) is 5.46. The van der Waals surface area contributed by atoms with Crippen LogP contribution in [-0.2, 0) is 32.0 Å². The van der Waals surface area contributed by atoms with Crippen molar-refractivity contribution in [2.45, 2.75) is 69.1 Å². The minimum Gasteiger partial charge on any atom is -0.480 e. The highest BCUT2D eigenvalue weighted by Gasteiger charge is 2.42. The number of carbonyl (C=O) groups excluding carboxylic acids is 3. The standard InChI is InChI=1S/C29H36N4O5/c30-22(17-20-9-3-1-4-10-20)19-26(34)32-15-8-14-25(32)28(36)33-16-7-13-24(33)27(35)31-23(29(37)38)18-21-11-5-2-6-12-21/h1-6,9-12,22-25H,7-8,13-19,30H2,(H,31,35)(H,37,38)/t22-,23-,24-,25-/m0/s1. The number of aliphatic carboxylic acids is 1. The first-order valence-electron chi connectivity index (χ1n) is 13.3. The van der Waals surface area contributed by atoms with E-state index in [1.807, 2.05) is 60.7 Å². The largest absolute Gasteiger partial charge is 0.480 e. The summed E-state index contributed by atoms with van der Waals surface area (Å²) in [5.41, 5.74) is 8.11. The molecular weight excluding hydrogens is 484 g/mol. The Bertz CT molecular complexity index is 1130. The molecule has 2 fully saturated rings. The van der Waals surface area contributed by atoms with Gasteiger partial charge in [-0.05, 0) is 43.2 Å². The van der Waals surface area contributed by atoms with Gasteiger partial charge in [0, 0.05) is 32.0 Å². The van der Waals surface area contributed by atoms with Crippen molar-refractivity contribution in [2.24, 2.45) is 5.73 Å². The maximum atomic E-state index is 13.6. The third-order valence-electron chi connectivity index (χ3n) is 7.37. The van der Waals surface area contributed by atoms with E-state index in [2.05, 4.69) is 5.32 Å². The van der Waals surface area contributed by atoms with Crippen LogP contribution in [0, 0.1) is 0 Å². The normalized spacial score (nSPS) is 20.7. The molecule has 2 saturated heterocycles. The van der Waals surface area contributed by atoms with Crippen molar-refractivity contribution in [2.75, 3.05) is 13.1 Å². The van der Waals surface area contributed by atoms with Crippen molar-refractivity contribution >= 4 is 23.7 Å². The predicted octanol–water partition coefficient (Wildman–Crippen LogP) is 1.74. The molecule has 38 heavy (non-hydrogen) atoms. The van der Waals surface area contributed by atoms with E-state index in [9.17, 15) is 24.3 Å². The summed E-state index contributed by atoms with van der Waals surface area (Å²) in [6.07, 6.45) is 3.20. The van der Waals surface area contributed by atoms with E-state index in [-0.39, 0.29) is 30.7 Å². The van der Waals surface area contributed by atoms with E-state index < -0.39 is 30.0 Å². The van der Waals surface area contributed by atoms with Gasteiger partial charge in [-0.25, -0.2) is 4.79 Å². The molecule has 0 aromatic heterocycles. The van der Waals surface area contributed by atoms with Crippen molar-refractivity contribution < 1.29 is 24.3 Å². The molecule has 2 heterocycles. The lowest BCUT2D eigenvalue weighted by atomic mass is 10.0. The fourth-order valence-corrected chi connectivity index (χ4v) is 5.46. The summed E-state index contributed by atoms with van der Waals surface area (Å²) >= 11 is 0. The Morgan fingerprint density at radius 2 is 1.39 bits per heavy atom. The van der Waals surface area contributed by atoms with E-state index in [0.29, 0.717) is 45.2 Å². The van der Waals surface area contributed by atoms with Crippen molar-refractivity contribution in [3.05, 3.63) is 71.8 Å². The summed E-state index contributed by atoms with van der Waals surface area (Å²) in [6, 6.07) is 16.0. The van der Waals surface area contributed by atoms with E-state index in [1.165, 1.54) is 4.90 Å². The average Bonchev–Trinajstić information content (AvgIpc) is 3.59. The number of benzene rings is 2. The second kappa shape index (κ2) is 12.7. The molecule has 2 aromatic carbocycles. The molecule has 202 valence electrons. The van der Waals surface area contributed by atoms with Crippen LogP contribution < -0.4 is 11.1 Å². The predicted molar refractivity (Wildman–Crippen MR) is 142 cm³/mol. The first-order chi connectivity index (χ1) is 18.3. The molecule has 2 aliphatic rings. The number of nitrogens with one attached hydrogen (secondary N) is 1. The molecule has 3 amide bonds. The first-order valence-corrected chi connectivity index (χ1v) is 13.3. The van der Waals surface area contributed by atoms with E-state index in [1.54, 1.807) is 4.90 Å². The van der Waals surface area contributed by atoms with E-state index >= 15 is 0 Å². The second-order valence-corrected chi connectivity index (χ2v) is 10.2. The number of hydrogen-bond acceptors (Lipinski definition) is 5. The summed E-state index contributed by atoms with van der Waals surface area (Å²) in [7, 11) is 0. The van der Waals surface area contributed by atoms with Gasteiger partial charge < -0.3 is 26.0 Å². The zero-order valence-corrected chi connectivity index (χ0v) is 21.5. The quantitative estimate of drug-likeness (QED) is 0.437. The molecule has 0 aliphatic carbocycles. The van der Waals surface area contributed by atoms with Gasteiger partial charge in [-0.15, -0.1) is 0 Å². The topological polar surface area (TPSA) is 133 Å². The van der Waals surface area contributed by atoms with Crippen LogP contribution >= 0.6 is 0 Å². The van der Waals surface area contributed by atoms with Gasteiger partial charge in [0.1, 0.15) is 18.1 Å². The van der Waals surface area contributed by atoms with Crippen LogP contribution in [0.25, 0.3) is 0 Å². The lowest BCUT2D eigenvalue weighted by Gasteiger charge is -2.32. The zero-order chi connectivity index (χ0) is 27.1. The summed E-state index contributed by atoms with van der Waals surface area (Å²) in [5, 5.41) is 12.3. The van der Waals surface area contributed by atoms with Crippen molar-refractivity contribution in [3.8, 4) is 0 Å². The van der Waals surface area contributed by atoms with Gasteiger partial charge in [-0.3, -0.25) is 14.4 Å². The minimum absolute atomic E-state index is 0.141. The summed E-state index contributed by atoms with van der Waals surface area (Å²) in [4.78, 5) is 54.8. The molecule has 4 rings (SSSR count). The Morgan fingerprint density at radius 3 is 2.00 bits per heavy atom. The fraction of sp³-hybridized carbons (Fsp3) is 0.448. The highest BCUT2D eigenvalue weighted by Crippen LogP contribution is 2.26. The van der Waals surface area contributed by atoms with Crippen LogP contribution in [0.4, 0.5) is 0 Å². The number of amides is 3. The van der Waals surface area contributed by atoms with Crippen LogP contribution in [0.2, 0.25) is 0 Å². The number of carbonyl (C=O) groups is 4. The minimum atomic E-state index is -1.13. The molecule has 0 radical (unpaired) electrons. The Hall–Kier alpha value is -3.72. The monoisotopic (exact) mass is 520 g/mol. The van der Waals surface area contributed by atoms with E-state index in [4.69, 9.17) is 5.73 Å². The number of hydrogen-bond donors (Lipinski definition) is 3. The van der Waals surface area contributed by atoms with Gasteiger partial charge in [0.05, 0.1) is 0 Å². The second-order valence-electron chi connectivity index (χ2n) is 10.2. The summed E-state index contributed by atoms with van der Waals surface area (Å²) < 4.78 is 0. The van der Waals surface area contributed by atoms with Crippen LogP contribution in [0.1, 0.15) is 43.2 Å². The molecule has 2 aromatic rings. The van der Waals surface area contributed by atoms with E-state index in [0.717, 1.165) is 11.1 Å². The third kappa shape index (κ3) is 6.77. The molecular formula is C29H36N4O5.